The molecule has 6 heteroatoms. The fourth-order valence-corrected chi connectivity index (χ4v) is 4.32. The Morgan fingerprint density at radius 2 is 1.74 bits per heavy atom. The second-order valence-corrected chi connectivity index (χ2v) is 8.50. The summed E-state index contributed by atoms with van der Waals surface area (Å²) >= 11 is 0. The van der Waals surface area contributed by atoms with Gasteiger partial charge >= 0.3 is 0 Å². The molecule has 0 saturated carbocycles. The summed E-state index contributed by atoms with van der Waals surface area (Å²) in [5.41, 5.74) is 5.44. The molecule has 5 rings (SSSR count). The first-order chi connectivity index (χ1) is 15.3. The van der Waals surface area contributed by atoms with Gasteiger partial charge in [0.25, 0.3) is 0 Å². The number of nitrogens with zero attached hydrogens (tertiary/aromatic N) is 3. The number of aromatic nitrogens is 2. The number of benzene rings is 2. The minimum absolute atomic E-state index is 0.598. The molecule has 2 saturated heterocycles. The number of nitrogens with one attached hydrogen (secondary N) is 1. The SMILES string of the molecule is c1cc(-c2ccc3ncc(OCC4CCNCC4)nc3c2)ccc1CN1CCOCC1. The van der Waals surface area contributed by atoms with Crippen molar-refractivity contribution >= 4 is 11.0 Å². The lowest BCUT2D eigenvalue weighted by molar-refractivity contribution is 0.0342. The number of hydrogen-bond donors (Lipinski definition) is 1. The highest BCUT2D eigenvalue weighted by molar-refractivity contribution is 5.81. The van der Waals surface area contributed by atoms with Gasteiger partial charge in [0, 0.05) is 19.6 Å². The standard InChI is InChI=1S/C25H30N4O2/c1-3-21(4-2-19(1)17-29-11-13-30-14-12-29)22-5-6-23-24(15-22)28-25(16-27-23)31-18-20-7-9-26-10-8-20/h1-6,15-16,20,26H,7-14,17-18H2. The molecule has 1 N–H and O–H groups in total. The minimum Gasteiger partial charge on any atom is -0.476 e. The Bertz CT molecular complexity index is 996. The third kappa shape index (κ3) is 5.21. The third-order valence-electron chi connectivity index (χ3n) is 6.24. The Hall–Kier alpha value is -2.54. The van der Waals surface area contributed by atoms with Crippen LogP contribution < -0.4 is 10.1 Å². The van der Waals surface area contributed by atoms with Crippen molar-refractivity contribution in [2.24, 2.45) is 5.92 Å². The van der Waals surface area contributed by atoms with Crippen LogP contribution >= 0.6 is 0 Å². The Morgan fingerprint density at radius 3 is 2.55 bits per heavy atom. The molecule has 0 spiro atoms. The van der Waals surface area contributed by atoms with E-state index in [2.05, 4.69) is 51.6 Å². The van der Waals surface area contributed by atoms with E-state index in [4.69, 9.17) is 14.5 Å². The fourth-order valence-electron chi connectivity index (χ4n) is 4.32. The first-order valence-corrected chi connectivity index (χ1v) is 11.3. The van der Waals surface area contributed by atoms with Gasteiger partial charge in [-0.3, -0.25) is 4.90 Å². The van der Waals surface area contributed by atoms with Crippen molar-refractivity contribution in [3.8, 4) is 17.0 Å². The maximum absolute atomic E-state index is 5.97. The van der Waals surface area contributed by atoms with E-state index in [1.165, 1.54) is 11.1 Å². The summed E-state index contributed by atoms with van der Waals surface area (Å²) in [6, 6.07) is 15.1. The first kappa shape index (κ1) is 20.4. The van der Waals surface area contributed by atoms with Gasteiger partial charge in [-0.2, -0.15) is 0 Å². The molecular weight excluding hydrogens is 388 g/mol. The molecule has 2 aliphatic heterocycles. The molecular formula is C25H30N4O2. The summed E-state index contributed by atoms with van der Waals surface area (Å²) in [6.07, 6.45) is 4.06. The van der Waals surface area contributed by atoms with E-state index in [0.717, 1.165) is 75.4 Å². The number of piperidine rings is 1. The van der Waals surface area contributed by atoms with E-state index < -0.39 is 0 Å². The quantitative estimate of drug-likeness (QED) is 0.661. The summed E-state index contributed by atoms with van der Waals surface area (Å²) in [6.45, 7) is 7.52. The molecule has 2 fully saturated rings. The number of rotatable bonds is 6. The second-order valence-electron chi connectivity index (χ2n) is 8.50. The van der Waals surface area contributed by atoms with E-state index >= 15 is 0 Å². The predicted octanol–water partition coefficient (Wildman–Crippen LogP) is 3.51. The van der Waals surface area contributed by atoms with E-state index in [1.54, 1.807) is 6.20 Å². The topological polar surface area (TPSA) is 59.5 Å². The lowest BCUT2D eigenvalue weighted by Crippen LogP contribution is -2.35. The molecule has 1 aromatic heterocycles. The van der Waals surface area contributed by atoms with E-state index in [-0.39, 0.29) is 0 Å². The minimum atomic E-state index is 0.598. The summed E-state index contributed by atoms with van der Waals surface area (Å²) in [5.74, 6) is 1.21. The van der Waals surface area contributed by atoms with Crippen LogP contribution in [0.2, 0.25) is 0 Å². The van der Waals surface area contributed by atoms with Crippen molar-refractivity contribution in [3.63, 3.8) is 0 Å². The Kier molecular flexibility index (Phi) is 6.39. The summed E-state index contributed by atoms with van der Waals surface area (Å²) < 4.78 is 11.4. The van der Waals surface area contributed by atoms with Crippen molar-refractivity contribution in [1.82, 2.24) is 20.2 Å². The molecule has 0 radical (unpaired) electrons. The van der Waals surface area contributed by atoms with Gasteiger partial charge in [-0.05, 0) is 60.7 Å². The third-order valence-corrected chi connectivity index (χ3v) is 6.24. The van der Waals surface area contributed by atoms with Crippen LogP contribution in [0.1, 0.15) is 18.4 Å². The van der Waals surface area contributed by atoms with Gasteiger partial charge in [0.2, 0.25) is 5.88 Å². The van der Waals surface area contributed by atoms with Crippen LogP contribution in [-0.4, -0.2) is 60.9 Å². The van der Waals surface area contributed by atoms with E-state index in [1.807, 2.05) is 6.07 Å². The molecule has 162 valence electrons. The number of fused-ring (bicyclic) bond motifs is 1. The van der Waals surface area contributed by atoms with Gasteiger partial charge in [-0.1, -0.05) is 30.3 Å². The van der Waals surface area contributed by atoms with Gasteiger partial charge < -0.3 is 14.8 Å². The maximum Gasteiger partial charge on any atom is 0.232 e. The van der Waals surface area contributed by atoms with E-state index in [9.17, 15) is 0 Å². The maximum atomic E-state index is 5.97. The first-order valence-electron chi connectivity index (χ1n) is 11.3. The Labute approximate surface area is 183 Å². The Balaban J connectivity index is 1.27. The average molecular weight is 419 g/mol. The molecule has 0 bridgehead atoms. The lowest BCUT2D eigenvalue weighted by atomic mass is 9.99. The van der Waals surface area contributed by atoms with Gasteiger partial charge in [-0.25, -0.2) is 9.97 Å². The fraction of sp³-hybridized carbons (Fsp3) is 0.440. The zero-order chi connectivity index (χ0) is 20.9. The number of ether oxygens (including phenoxy) is 2. The van der Waals surface area contributed by atoms with Crippen molar-refractivity contribution in [1.29, 1.82) is 0 Å². The van der Waals surface area contributed by atoms with Crippen molar-refractivity contribution in [3.05, 3.63) is 54.2 Å². The Morgan fingerprint density at radius 1 is 0.968 bits per heavy atom. The molecule has 0 aliphatic carbocycles. The molecule has 31 heavy (non-hydrogen) atoms. The van der Waals surface area contributed by atoms with Gasteiger partial charge in [0.1, 0.15) is 0 Å². The number of morpholine rings is 1. The normalized spacial score (nSPS) is 18.3. The zero-order valence-electron chi connectivity index (χ0n) is 17.9. The van der Waals surface area contributed by atoms with Crippen LogP contribution in [0.25, 0.3) is 22.2 Å². The van der Waals surface area contributed by atoms with Crippen LogP contribution in [0.15, 0.2) is 48.7 Å². The van der Waals surface area contributed by atoms with Crippen LogP contribution in [0, 0.1) is 5.92 Å². The largest absolute Gasteiger partial charge is 0.476 e. The van der Waals surface area contributed by atoms with Crippen LogP contribution in [-0.2, 0) is 11.3 Å². The van der Waals surface area contributed by atoms with Gasteiger partial charge in [-0.15, -0.1) is 0 Å². The van der Waals surface area contributed by atoms with Crippen LogP contribution in [0.5, 0.6) is 5.88 Å². The predicted molar refractivity (Wildman–Crippen MR) is 122 cm³/mol. The van der Waals surface area contributed by atoms with Crippen LogP contribution in [0.3, 0.4) is 0 Å². The average Bonchev–Trinajstić information content (AvgIpc) is 2.84. The highest BCUT2D eigenvalue weighted by atomic mass is 16.5. The summed E-state index contributed by atoms with van der Waals surface area (Å²) in [5, 5.41) is 3.39. The second kappa shape index (κ2) is 9.73. The lowest BCUT2D eigenvalue weighted by Gasteiger charge is -2.26. The van der Waals surface area contributed by atoms with Crippen molar-refractivity contribution < 1.29 is 9.47 Å². The van der Waals surface area contributed by atoms with Gasteiger partial charge in [0.15, 0.2) is 0 Å². The van der Waals surface area contributed by atoms with Crippen molar-refractivity contribution in [2.45, 2.75) is 19.4 Å². The van der Waals surface area contributed by atoms with Crippen molar-refractivity contribution in [2.75, 3.05) is 46.0 Å². The molecule has 0 amide bonds. The molecule has 0 unspecified atom stereocenters. The molecule has 3 heterocycles. The molecule has 2 aliphatic rings. The molecule has 3 aromatic rings. The monoisotopic (exact) mass is 418 g/mol. The number of hydrogen-bond acceptors (Lipinski definition) is 6. The summed E-state index contributed by atoms with van der Waals surface area (Å²) in [4.78, 5) is 11.7. The van der Waals surface area contributed by atoms with E-state index in [0.29, 0.717) is 18.4 Å². The molecule has 6 nitrogen and oxygen atoms in total. The summed E-state index contributed by atoms with van der Waals surface area (Å²) in [7, 11) is 0. The highest BCUT2D eigenvalue weighted by Gasteiger charge is 2.14. The molecule has 0 atom stereocenters. The van der Waals surface area contributed by atoms with Crippen LogP contribution in [0.4, 0.5) is 0 Å². The molecule has 2 aromatic carbocycles. The van der Waals surface area contributed by atoms with Gasteiger partial charge in [0.05, 0.1) is 37.1 Å². The zero-order valence-corrected chi connectivity index (χ0v) is 17.9. The smallest absolute Gasteiger partial charge is 0.232 e. The highest BCUT2D eigenvalue weighted by Crippen LogP contribution is 2.25.